The number of hydrogen-bond acceptors (Lipinski definition) is 5. The highest BCUT2D eigenvalue weighted by atomic mass is 35.5. The Morgan fingerprint density at radius 3 is 2.69 bits per heavy atom. The number of nitrogens with one attached hydrogen (secondary N) is 1. The fourth-order valence-electron chi connectivity index (χ4n) is 4.77. The van der Waals surface area contributed by atoms with E-state index < -0.39 is 11.8 Å². The number of carbonyl (C=O) groups is 2. The summed E-state index contributed by atoms with van der Waals surface area (Å²) in [5.74, 6) is -1.18. The van der Waals surface area contributed by atoms with Crippen LogP contribution in [0, 0.1) is 25.2 Å². The Hall–Kier alpha value is -2.96. The van der Waals surface area contributed by atoms with E-state index in [9.17, 15) is 14.9 Å². The Morgan fingerprint density at radius 2 is 1.94 bits per heavy atom. The number of benzene rings is 1. The fraction of sp³-hybridized carbons (Fsp3) is 0.231. The molecule has 0 bridgehead atoms. The lowest BCUT2D eigenvalue weighted by molar-refractivity contribution is -0.122. The summed E-state index contributed by atoms with van der Waals surface area (Å²) in [6.07, 6.45) is 5.68. The minimum Gasteiger partial charge on any atom is -0.308 e. The largest absolute Gasteiger partial charge is 0.308 e. The molecule has 1 aromatic carbocycles. The van der Waals surface area contributed by atoms with Gasteiger partial charge in [-0.1, -0.05) is 29.3 Å². The van der Waals surface area contributed by atoms with E-state index in [1.807, 2.05) is 24.5 Å². The van der Waals surface area contributed by atoms with Crippen LogP contribution >= 0.6 is 46.8 Å². The van der Waals surface area contributed by atoms with Crippen LogP contribution in [-0.2, 0) is 22.4 Å². The Morgan fingerprint density at radius 1 is 1.19 bits per heavy atom. The van der Waals surface area contributed by atoms with Crippen molar-refractivity contribution in [3.63, 3.8) is 0 Å². The number of nitriles is 1. The van der Waals surface area contributed by atoms with Gasteiger partial charge in [-0.15, -0.1) is 11.3 Å². The first-order valence-corrected chi connectivity index (χ1v) is 13.3. The second kappa shape index (κ2) is 9.49. The van der Waals surface area contributed by atoms with Crippen molar-refractivity contribution in [1.82, 2.24) is 9.88 Å². The van der Waals surface area contributed by atoms with Crippen molar-refractivity contribution in [1.29, 1.82) is 5.26 Å². The summed E-state index contributed by atoms with van der Waals surface area (Å²) in [4.78, 5) is 28.8. The molecule has 3 heterocycles. The number of anilines is 1. The molecule has 1 aliphatic carbocycles. The third-order valence-corrected chi connectivity index (χ3v) is 8.88. The van der Waals surface area contributed by atoms with Crippen molar-refractivity contribution in [3.05, 3.63) is 72.8 Å². The Balaban J connectivity index is 1.59. The number of halogens is 2. The van der Waals surface area contributed by atoms with Gasteiger partial charge >= 0.3 is 0 Å². The smallest absolute Gasteiger partial charge is 0.270 e. The van der Waals surface area contributed by atoms with Crippen LogP contribution < -0.4 is 10.2 Å². The van der Waals surface area contributed by atoms with E-state index in [0.29, 0.717) is 16.8 Å². The number of aromatic nitrogens is 1. The van der Waals surface area contributed by atoms with Crippen molar-refractivity contribution < 1.29 is 9.59 Å². The van der Waals surface area contributed by atoms with Gasteiger partial charge in [0.2, 0.25) is 0 Å². The first-order chi connectivity index (χ1) is 17.2. The highest BCUT2D eigenvalue weighted by Crippen LogP contribution is 2.39. The van der Waals surface area contributed by atoms with Crippen LogP contribution in [0.5, 0.6) is 0 Å². The van der Waals surface area contributed by atoms with Gasteiger partial charge in [-0.3, -0.25) is 19.8 Å². The monoisotopic (exact) mass is 554 g/mol. The van der Waals surface area contributed by atoms with Crippen molar-refractivity contribution in [2.45, 2.75) is 39.5 Å². The lowest BCUT2D eigenvalue weighted by atomic mass is 9.96. The Bertz CT molecular complexity index is 1540. The fourth-order valence-corrected chi connectivity index (χ4v) is 6.87. The van der Waals surface area contributed by atoms with E-state index in [2.05, 4.69) is 11.4 Å². The number of thiocarbonyl (C=S) groups is 1. The molecule has 1 saturated heterocycles. The summed E-state index contributed by atoms with van der Waals surface area (Å²) in [7, 11) is 0. The highest BCUT2D eigenvalue weighted by Gasteiger charge is 2.36. The molecule has 2 amide bonds. The van der Waals surface area contributed by atoms with Crippen molar-refractivity contribution in [3.8, 4) is 11.1 Å². The summed E-state index contributed by atoms with van der Waals surface area (Å²) >= 11 is 19.4. The average Bonchev–Trinajstić information content (AvgIpc) is 3.34. The maximum Gasteiger partial charge on any atom is 0.270 e. The van der Waals surface area contributed by atoms with Crippen LogP contribution in [0.4, 0.5) is 5.69 Å². The highest BCUT2D eigenvalue weighted by molar-refractivity contribution is 7.80. The number of fused-ring (bicyclic) bond motifs is 1. The zero-order valence-corrected chi connectivity index (χ0v) is 22.6. The van der Waals surface area contributed by atoms with Gasteiger partial charge < -0.3 is 4.57 Å². The quantitative estimate of drug-likeness (QED) is 0.243. The zero-order valence-electron chi connectivity index (χ0n) is 19.4. The number of rotatable bonds is 3. The summed E-state index contributed by atoms with van der Waals surface area (Å²) in [6.45, 7) is 3.87. The Kier molecular flexibility index (Phi) is 6.52. The molecule has 2 aromatic heterocycles. The van der Waals surface area contributed by atoms with E-state index in [4.69, 9.17) is 35.4 Å². The molecule has 0 spiro atoms. The molecule has 5 rings (SSSR count). The van der Waals surface area contributed by atoms with Gasteiger partial charge in [0.25, 0.3) is 11.8 Å². The van der Waals surface area contributed by atoms with E-state index in [1.54, 1.807) is 35.6 Å². The number of thiophene rings is 1. The van der Waals surface area contributed by atoms with Crippen molar-refractivity contribution in [2.24, 2.45) is 0 Å². The van der Waals surface area contributed by atoms with Crippen LogP contribution in [0.15, 0.2) is 29.8 Å². The number of aryl methyl sites for hydroxylation is 2. The molecule has 1 fully saturated rings. The maximum absolute atomic E-state index is 13.5. The van der Waals surface area contributed by atoms with Crippen LogP contribution in [-0.4, -0.2) is 21.5 Å². The van der Waals surface area contributed by atoms with Crippen LogP contribution in [0.3, 0.4) is 0 Å². The lowest BCUT2D eigenvalue weighted by Crippen LogP contribution is -2.54. The molecular weight excluding hydrogens is 535 g/mol. The average molecular weight is 556 g/mol. The Labute approximate surface area is 227 Å². The van der Waals surface area contributed by atoms with E-state index in [0.717, 1.165) is 47.6 Å². The molecule has 0 unspecified atom stereocenters. The minimum atomic E-state index is -0.595. The molecule has 0 atom stereocenters. The third-order valence-electron chi connectivity index (χ3n) is 6.51. The second-order valence-electron chi connectivity index (χ2n) is 8.70. The molecule has 10 heteroatoms. The number of nitrogens with zero attached hydrogens (tertiary/aromatic N) is 3. The van der Waals surface area contributed by atoms with Gasteiger partial charge in [0.1, 0.15) is 16.6 Å². The first-order valence-electron chi connectivity index (χ1n) is 11.3. The predicted molar refractivity (Wildman–Crippen MR) is 147 cm³/mol. The summed E-state index contributed by atoms with van der Waals surface area (Å²) in [5, 5.41) is 13.8. The van der Waals surface area contributed by atoms with Gasteiger partial charge in [0.15, 0.2) is 5.11 Å². The summed E-state index contributed by atoms with van der Waals surface area (Å²) < 4.78 is 2.04. The van der Waals surface area contributed by atoms with Crippen molar-refractivity contribution >= 4 is 75.4 Å². The first kappa shape index (κ1) is 24.7. The number of hydrogen-bond donors (Lipinski definition) is 1. The van der Waals surface area contributed by atoms with E-state index in [-0.39, 0.29) is 20.7 Å². The molecular formula is C26H20Cl2N4O2S2. The summed E-state index contributed by atoms with van der Waals surface area (Å²) in [6, 6.07) is 9.19. The number of amides is 2. The zero-order chi connectivity index (χ0) is 25.7. The topological polar surface area (TPSA) is 78.1 Å². The van der Waals surface area contributed by atoms with Crippen LogP contribution in [0.25, 0.3) is 11.1 Å². The van der Waals surface area contributed by atoms with E-state index >= 15 is 0 Å². The van der Waals surface area contributed by atoms with Gasteiger partial charge in [-0.25, -0.2) is 0 Å². The normalized spacial score (nSPS) is 16.8. The second-order valence-corrected chi connectivity index (χ2v) is 11.0. The van der Waals surface area contributed by atoms with Gasteiger partial charge in [0.05, 0.1) is 21.3 Å². The molecule has 6 nitrogen and oxygen atoms in total. The van der Waals surface area contributed by atoms with Gasteiger partial charge in [-0.2, -0.15) is 5.26 Å². The molecule has 182 valence electrons. The molecule has 1 N–H and O–H groups in total. The van der Waals surface area contributed by atoms with E-state index in [1.165, 1.54) is 9.78 Å². The maximum atomic E-state index is 13.5. The molecule has 0 radical (unpaired) electrons. The number of carbonyl (C=O) groups excluding carboxylic acids is 2. The third kappa shape index (κ3) is 3.97. The van der Waals surface area contributed by atoms with Crippen molar-refractivity contribution in [2.75, 3.05) is 4.90 Å². The SMILES string of the molecule is Cc1cc(/C=C2\C(=O)NC(=S)N(c3cccc(Cl)c3Cl)C2=O)c(C)n1-c1sc2c(c1C#N)CCCC2. The molecule has 1 aliphatic heterocycles. The molecule has 36 heavy (non-hydrogen) atoms. The van der Waals surface area contributed by atoms with Crippen LogP contribution in [0.1, 0.15) is 45.8 Å². The summed E-state index contributed by atoms with van der Waals surface area (Å²) in [5.41, 5.74) is 4.52. The minimum absolute atomic E-state index is 0.0698. The lowest BCUT2D eigenvalue weighted by Gasteiger charge is -2.29. The molecule has 0 saturated carbocycles. The van der Waals surface area contributed by atoms with Crippen LogP contribution in [0.2, 0.25) is 10.0 Å². The molecule has 2 aliphatic rings. The standard InChI is InChI=1S/C26H20Cl2N4O2S2/c1-13-10-15(14(2)31(13)25-18(12-29)16-6-3-4-9-21(16)36-25)11-17-23(33)30-26(35)32(24(17)34)20-8-5-7-19(27)22(20)28/h5,7-8,10-11H,3-4,6,9H2,1-2H3,(H,30,33,35)/b17-11+. The predicted octanol–water partition coefficient (Wildman–Crippen LogP) is 6.04. The van der Waals surface area contributed by atoms with Gasteiger partial charge in [-0.05, 0) is 87.2 Å². The van der Waals surface area contributed by atoms with Gasteiger partial charge in [0, 0.05) is 16.3 Å². The molecule has 3 aromatic rings.